The van der Waals surface area contributed by atoms with Gasteiger partial charge in [0.2, 0.25) is 12.3 Å². The number of esters is 6. The Bertz CT molecular complexity index is 1100. The lowest BCUT2D eigenvalue weighted by Crippen LogP contribution is -2.69. The molecular weight excluding hydrogens is 601 g/mol. The van der Waals surface area contributed by atoms with Crippen LogP contribution in [-0.4, -0.2) is 116 Å². The summed E-state index contributed by atoms with van der Waals surface area (Å²) in [4.78, 5) is 83.5. The zero-order chi connectivity index (χ0) is 33.3. The lowest BCUT2D eigenvalue weighted by molar-refractivity contribution is -0.335. The lowest BCUT2D eigenvalue weighted by Gasteiger charge is -2.48. The minimum absolute atomic E-state index is 0.564. The molecule has 0 aromatic heterocycles. The Morgan fingerprint density at radius 1 is 0.568 bits per heavy atom. The SMILES string of the molecule is CC(=O)N[C@H]1[C@H](O[C@H]2[C@H](OC(C)=O)[C@@H](OC(C)=O)[C@H](F)O[C@@H]2COC(C)=O)O[C@H](COC(C)=O)[C@@H](OC(C)=O)[C@@H]1OC(C)=O. The van der Waals surface area contributed by atoms with Crippen molar-refractivity contribution in [1.82, 2.24) is 5.32 Å². The van der Waals surface area contributed by atoms with Crippen molar-refractivity contribution in [3.8, 4) is 0 Å². The second kappa shape index (κ2) is 16.2. The summed E-state index contributed by atoms with van der Waals surface area (Å²) in [6.07, 6.45) is -15.3. The second-order valence-electron chi connectivity index (χ2n) is 9.80. The van der Waals surface area contributed by atoms with E-state index in [0.717, 1.165) is 48.5 Å². The fourth-order valence-electron chi connectivity index (χ4n) is 4.57. The summed E-state index contributed by atoms with van der Waals surface area (Å²) in [5.74, 6) is -5.89. The molecular formula is C26H36FNO16. The molecule has 44 heavy (non-hydrogen) atoms. The van der Waals surface area contributed by atoms with Gasteiger partial charge in [-0.05, 0) is 0 Å². The monoisotopic (exact) mass is 637 g/mol. The molecule has 18 heteroatoms. The van der Waals surface area contributed by atoms with Crippen LogP contribution in [0.25, 0.3) is 0 Å². The molecule has 0 aliphatic carbocycles. The Morgan fingerprint density at radius 3 is 1.45 bits per heavy atom. The summed E-state index contributed by atoms with van der Waals surface area (Å²) in [5, 5.41) is 2.48. The van der Waals surface area contributed by atoms with Crippen LogP contribution in [0.15, 0.2) is 0 Å². The number of hydrogen-bond donors (Lipinski definition) is 1. The molecule has 2 saturated heterocycles. The van der Waals surface area contributed by atoms with Gasteiger partial charge >= 0.3 is 35.8 Å². The zero-order valence-corrected chi connectivity index (χ0v) is 25.1. The van der Waals surface area contributed by atoms with Crippen LogP contribution in [0.4, 0.5) is 4.39 Å². The van der Waals surface area contributed by atoms with Gasteiger partial charge in [0, 0.05) is 48.5 Å². The summed E-state index contributed by atoms with van der Waals surface area (Å²) in [6, 6.07) is -1.48. The molecule has 2 rings (SSSR count). The maximum absolute atomic E-state index is 15.2. The third-order valence-corrected chi connectivity index (χ3v) is 5.99. The molecule has 0 spiro atoms. The lowest BCUT2D eigenvalue weighted by atomic mass is 9.94. The van der Waals surface area contributed by atoms with E-state index < -0.39 is 116 Å². The molecule has 1 amide bonds. The minimum atomic E-state index is -2.39. The largest absolute Gasteiger partial charge is 0.463 e. The second-order valence-corrected chi connectivity index (χ2v) is 9.80. The number of amides is 1. The normalized spacial score (nSPS) is 31.5. The fraction of sp³-hybridized carbons (Fsp3) is 0.731. The molecule has 0 radical (unpaired) electrons. The Hall–Kier alpha value is -3.90. The van der Waals surface area contributed by atoms with Gasteiger partial charge < -0.3 is 47.9 Å². The third kappa shape index (κ3) is 10.7. The maximum atomic E-state index is 15.2. The van der Waals surface area contributed by atoms with E-state index in [1.165, 1.54) is 0 Å². The van der Waals surface area contributed by atoms with Crippen LogP contribution < -0.4 is 5.32 Å². The van der Waals surface area contributed by atoms with Gasteiger partial charge in [-0.3, -0.25) is 33.6 Å². The van der Waals surface area contributed by atoms with Crippen molar-refractivity contribution < 1.29 is 80.6 Å². The van der Waals surface area contributed by atoms with E-state index in [9.17, 15) is 33.6 Å². The highest BCUT2D eigenvalue weighted by Crippen LogP contribution is 2.34. The number of ether oxygens (including phenoxy) is 9. The van der Waals surface area contributed by atoms with E-state index >= 15 is 4.39 Å². The number of rotatable bonds is 11. The average Bonchev–Trinajstić information content (AvgIpc) is 2.87. The Kier molecular flexibility index (Phi) is 13.4. The number of hydrogen-bond acceptors (Lipinski definition) is 16. The predicted octanol–water partition coefficient (Wildman–Crippen LogP) is -0.851. The number of carbonyl (C=O) groups is 7. The Labute approximate surface area is 251 Å². The van der Waals surface area contributed by atoms with Gasteiger partial charge in [0.25, 0.3) is 0 Å². The van der Waals surface area contributed by atoms with Crippen LogP contribution >= 0.6 is 0 Å². The summed E-state index contributed by atoms with van der Waals surface area (Å²) in [6.45, 7) is 6.08. The van der Waals surface area contributed by atoms with Crippen molar-refractivity contribution in [2.45, 2.75) is 110 Å². The molecule has 0 unspecified atom stereocenters. The molecule has 10 atom stereocenters. The van der Waals surface area contributed by atoms with E-state index in [1.54, 1.807) is 0 Å². The molecule has 0 bridgehead atoms. The zero-order valence-electron chi connectivity index (χ0n) is 25.1. The first-order chi connectivity index (χ1) is 20.5. The molecule has 0 aromatic carbocycles. The summed E-state index contributed by atoms with van der Waals surface area (Å²) in [5.41, 5.74) is 0. The van der Waals surface area contributed by atoms with Crippen molar-refractivity contribution in [1.29, 1.82) is 0 Å². The highest BCUT2D eigenvalue weighted by Gasteiger charge is 2.56. The summed E-state index contributed by atoms with van der Waals surface area (Å²) >= 11 is 0. The molecule has 0 aromatic rings. The molecule has 2 heterocycles. The molecule has 17 nitrogen and oxygen atoms in total. The van der Waals surface area contributed by atoms with Gasteiger partial charge in [0.1, 0.15) is 37.6 Å². The van der Waals surface area contributed by atoms with E-state index in [2.05, 4.69) is 5.32 Å². The minimum Gasteiger partial charge on any atom is -0.463 e. The first-order valence-corrected chi connectivity index (χ1v) is 13.3. The van der Waals surface area contributed by atoms with Gasteiger partial charge in [-0.25, -0.2) is 4.39 Å². The van der Waals surface area contributed by atoms with Gasteiger partial charge in [-0.2, -0.15) is 0 Å². The fourth-order valence-corrected chi connectivity index (χ4v) is 4.57. The van der Waals surface area contributed by atoms with Crippen molar-refractivity contribution >= 4 is 41.7 Å². The van der Waals surface area contributed by atoms with Crippen LogP contribution in [0.5, 0.6) is 0 Å². The third-order valence-electron chi connectivity index (χ3n) is 5.99. The smallest absolute Gasteiger partial charge is 0.303 e. The number of halogens is 1. The highest BCUT2D eigenvalue weighted by atomic mass is 19.1. The highest BCUT2D eigenvalue weighted by molar-refractivity contribution is 5.74. The summed E-state index contributed by atoms with van der Waals surface area (Å²) < 4.78 is 63.6. The van der Waals surface area contributed by atoms with Crippen molar-refractivity contribution in [3.05, 3.63) is 0 Å². The topological polar surface area (TPSA) is 215 Å². The van der Waals surface area contributed by atoms with Crippen LogP contribution in [0.3, 0.4) is 0 Å². The van der Waals surface area contributed by atoms with Gasteiger partial charge in [0.05, 0.1) is 0 Å². The molecule has 0 saturated carbocycles. The first kappa shape index (κ1) is 36.3. The van der Waals surface area contributed by atoms with Crippen LogP contribution in [0.2, 0.25) is 0 Å². The molecule has 248 valence electrons. The Balaban J connectivity index is 2.66. The molecule has 2 fully saturated rings. The van der Waals surface area contributed by atoms with Crippen LogP contribution in [0.1, 0.15) is 48.5 Å². The van der Waals surface area contributed by atoms with Gasteiger partial charge in [0.15, 0.2) is 30.7 Å². The number of nitrogens with one attached hydrogen (secondary N) is 1. The standard InChI is InChI=1S/C26H36FNO16/c1-10(29)28-19-22(39-14(5)33)20(38-13(4)32)18(9-37-12(3)31)43-26(19)44-21-17(8-36-11(2)30)42-25(27)24(41-16(7)35)23(21)40-15(6)34/h17-26H,8-9H2,1-7H3,(H,28,29)/t17-,18-,19-,20-,21-,22-,23+,24-,25-,26+/m1/s1. The quantitative estimate of drug-likeness (QED) is 0.216. The summed E-state index contributed by atoms with van der Waals surface area (Å²) in [7, 11) is 0. The van der Waals surface area contributed by atoms with Crippen LogP contribution in [-0.2, 0) is 76.2 Å². The average molecular weight is 638 g/mol. The molecule has 2 aliphatic heterocycles. The number of alkyl halides is 1. The van der Waals surface area contributed by atoms with Crippen LogP contribution in [0, 0.1) is 0 Å². The predicted molar refractivity (Wildman–Crippen MR) is 136 cm³/mol. The van der Waals surface area contributed by atoms with E-state index in [-0.39, 0.29) is 0 Å². The molecule has 2 aliphatic rings. The van der Waals surface area contributed by atoms with Gasteiger partial charge in [-0.15, -0.1) is 0 Å². The van der Waals surface area contributed by atoms with Crippen molar-refractivity contribution in [2.75, 3.05) is 13.2 Å². The van der Waals surface area contributed by atoms with Gasteiger partial charge in [-0.1, -0.05) is 0 Å². The first-order valence-electron chi connectivity index (χ1n) is 13.3. The Morgan fingerprint density at radius 2 is 1.00 bits per heavy atom. The molecule has 1 N–H and O–H groups in total. The van der Waals surface area contributed by atoms with Crippen molar-refractivity contribution in [2.24, 2.45) is 0 Å². The maximum Gasteiger partial charge on any atom is 0.303 e. The van der Waals surface area contributed by atoms with Crippen molar-refractivity contribution in [3.63, 3.8) is 0 Å². The van der Waals surface area contributed by atoms with E-state index in [0.29, 0.717) is 0 Å². The number of carbonyl (C=O) groups excluding carboxylic acids is 7. The van der Waals surface area contributed by atoms with E-state index in [4.69, 9.17) is 42.6 Å². The van der Waals surface area contributed by atoms with E-state index in [1.807, 2.05) is 0 Å².